The summed E-state index contributed by atoms with van der Waals surface area (Å²) in [5.74, 6) is -2.30. The van der Waals surface area contributed by atoms with Crippen LogP contribution < -0.4 is 16.1 Å². The van der Waals surface area contributed by atoms with Gasteiger partial charge in [-0.25, -0.2) is 8.78 Å². The number of hydrogen-bond acceptors (Lipinski definition) is 4. The topological polar surface area (TPSA) is 81.9 Å². The molecule has 2 aliphatic rings. The molecular formula is C23H25BF2N2O4. The lowest BCUT2D eigenvalue weighted by Gasteiger charge is -2.32. The summed E-state index contributed by atoms with van der Waals surface area (Å²) in [7, 11) is -0.990. The third kappa shape index (κ3) is 3.59. The van der Waals surface area contributed by atoms with Crippen LogP contribution in [0.15, 0.2) is 42.5 Å². The Labute approximate surface area is 185 Å². The molecule has 1 aliphatic heterocycles. The third-order valence-electron chi connectivity index (χ3n) is 6.66. The van der Waals surface area contributed by atoms with Gasteiger partial charge in [0.2, 0.25) is 11.8 Å². The van der Waals surface area contributed by atoms with Gasteiger partial charge in [-0.3, -0.25) is 14.5 Å². The number of carbonyl (C=O) groups is 2. The highest BCUT2D eigenvalue weighted by atomic mass is 19.1. The Hall–Kier alpha value is -2.78. The van der Waals surface area contributed by atoms with Crippen molar-refractivity contribution in [2.45, 2.75) is 51.7 Å². The quantitative estimate of drug-likeness (QED) is 0.570. The Balaban J connectivity index is 1.79. The molecule has 1 saturated carbocycles. The molecule has 32 heavy (non-hydrogen) atoms. The van der Waals surface area contributed by atoms with Crippen LogP contribution in [-0.2, 0) is 18.9 Å². The van der Waals surface area contributed by atoms with Crippen molar-refractivity contribution < 1.29 is 27.7 Å². The molecule has 1 heterocycles. The zero-order valence-corrected chi connectivity index (χ0v) is 18.4. The summed E-state index contributed by atoms with van der Waals surface area (Å²) in [5.41, 5.74) is 3.56. The van der Waals surface area contributed by atoms with Crippen molar-refractivity contribution in [3.63, 3.8) is 0 Å². The van der Waals surface area contributed by atoms with Gasteiger partial charge in [0, 0.05) is 16.8 Å². The molecular weight excluding hydrogens is 417 g/mol. The first-order chi connectivity index (χ1) is 14.9. The van der Waals surface area contributed by atoms with Gasteiger partial charge >= 0.3 is 7.12 Å². The predicted octanol–water partition coefficient (Wildman–Crippen LogP) is 3.19. The highest BCUT2D eigenvalue weighted by Crippen LogP contribution is 2.49. The maximum atomic E-state index is 14.8. The van der Waals surface area contributed by atoms with Gasteiger partial charge in [-0.2, -0.15) is 0 Å². The number of carbonyl (C=O) groups excluding carboxylic acids is 2. The SMILES string of the molecule is CC1(C)OB(c2cc(N(C(=O)C3(C(N)=O)CC3)c3ccc(F)cc3)ccc2F)OC1(C)C. The summed E-state index contributed by atoms with van der Waals surface area (Å²) >= 11 is 0. The van der Waals surface area contributed by atoms with Gasteiger partial charge in [0.1, 0.15) is 17.0 Å². The van der Waals surface area contributed by atoms with Gasteiger partial charge in [0.15, 0.2) is 0 Å². The van der Waals surface area contributed by atoms with Gasteiger partial charge in [0.25, 0.3) is 0 Å². The number of primary amides is 1. The monoisotopic (exact) mass is 442 g/mol. The number of nitrogens with two attached hydrogens (primary N) is 1. The fourth-order valence-corrected chi connectivity index (χ4v) is 3.70. The van der Waals surface area contributed by atoms with Gasteiger partial charge in [0.05, 0.1) is 11.2 Å². The minimum Gasteiger partial charge on any atom is -0.399 e. The molecule has 2 N–H and O–H groups in total. The fraction of sp³-hybridized carbons (Fsp3) is 0.391. The number of hydrogen-bond donors (Lipinski definition) is 1. The van der Waals surface area contributed by atoms with E-state index in [2.05, 4.69) is 0 Å². The zero-order chi connectivity index (χ0) is 23.5. The van der Waals surface area contributed by atoms with E-state index in [-0.39, 0.29) is 5.46 Å². The van der Waals surface area contributed by atoms with Crippen LogP contribution in [0.25, 0.3) is 0 Å². The molecule has 2 fully saturated rings. The van der Waals surface area contributed by atoms with Crippen molar-refractivity contribution in [1.82, 2.24) is 0 Å². The highest BCUT2D eigenvalue weighted by molar-refractivity contribution is 6.62. The summed E-state index contributed by atoms with van der Waals surface area (Å²) in [6, 6.07) is 9.34. The van der Waals surface area contributed by atoms with Crippen LogP contribution in [0, 0.1) is 17.0 Å². The maximum Gasteiger partial charge on any atom is 0.497 e. The number of anilines is 2. The number of halogens is 2. The van der Waals surface area contributed by atoms with Crippen LogP contribution in [0.1, 0.15) is 40.5 Å². The van der Waals surface area contributed by atoms with Crippen molar-refractivity contribution in [1.29, 1.82) is 0 Å². The maximum absolute atomic E-state index is 14.8. The largest absolute Gasteiger partial charge is 0.497 e. The van der Waals surface area contributed by atoms with Crippen LogP contribution in [0.5, 0.6) is 0 Å². The second-order valence-corrected chi connectivity index (χ2v) is 9.36. The van der Waals surface area contributed by atoms with Crippen molar-refractivity contribution >= 4 is 35.8 Å². The lowest BCUT2D eigenvalue weighted by molar-refractivity contribution is -0.133. The lowest BCUT2D eigenvalue weighted by Crippen LogP contribution is -2.42. The van der Waals surface area contributed by atoms with E-state index in [9.17, 15) is 18.4 Å². The van der Waals surface area contributed by atoms with Crippen molar-refractivity contribution in [2.24, 2.45) is 11.1 Å². The van der Waals surface area contributed by atoms with Crippen LogP contribution in [0.2, 0.25) is 0 Å². The summed E-state index contributed by atoms with van der Waals surface area (Å²) in [4.78, 5) is 26.8. The molecule has 4 rings (SSSR count). The van der Waals surface area contributed by atoms with E-state index in [1.165, 1.54) is 47.4 Å². The normalized spacial score (nSPS) is 20.1. The average molecular weight is 442 g/mol. The smallest absolute Gasteiger partial charge is 0.399 e. The molecule has 168 valence electrons. The molecule has 0 bridgehead atoms. The van der Waals surface area contributed by atoms with Gasteiger partial charge in [-0.05, 0) is 83.0 Å². The Kier molecular flexibility index (Phi) is 5.17. The molecule has 6 nitrogen and oxygen atoms in total. The molecule has 1 aliphatic carbocycles. The lowest BCUT2D eigenvalue weighted by atomic mass is 9.78. The first-order valence-electron chi connectivity index (χ1n) is 10.4. The molecule has 0 radical (unpaired) electrons. The average Bonchev–Trinajstić information content (AvgIpc) is 3.48. The van der Waals surface area contributed by atoms with Gasteiger partial charge < -0.3 is 15.0 Å². The molecule has 0 spiro atoms. The molecule has 0 aromatic heterocycles. The number of benzene rings is 2. The number of amides is 2. The summed E-state index contributed by atoms with van der Waals surface area (Å²) in [6.45, 7) is 7.42. The molecule has 0 atom stereocenters. The van der Waals surface area contributed by atoms with E-state index in [4.69, 9.17) is 15.0 Å². The first kappa shape index (κ1) is 22.4. The van der Waals surface area contributed by atoms with Crippen LogP contribution in [-0.4, -0.2) is 30.1 Å². The molecule has 2 aromatic carbocycles. The molecule has 1 saturated heterocycles. The van der Waals surface area contributed by atoms with Crippen LogP contribution >= 0.6 is 0 Å². The molecule has 0 unspecified atom stereocenters. The van der Waals surface area contributed by atoms with E-state index in [0.29, 0.717) is 24.2 Å². The van der Waals surface area contributed by atoms with E-state index < -0.39 is 47.2 Å². The minimum absolute atomic E-state index is 0.116. The predicted molar refractivity (Wildman–Crippen MR) is 117 cm³/mol. The van der Waals surface area contributed by atoms with Crippen molar-refractivity contribution in [2.75, 3.05) is 4.90 Å². The van der Waals surface area contributed by atoms with Crippen LogP contribution in [0.3, 0.4) is 0 Å². The zero-order valence-electron chi connectivity index (χ0n) is 18.4. The summed E-state index contributed by atoms with van der Waals surface area (Å²) < 4.78 is 40.3. The van der Waals surface area contributed by atoms with Gasteiger partial charge in [-0.15, -0.1) is 0 Å². The Bertz CT molecular complexity index is 1070. The molecule has 9 heteroatoms. The van der Waals surface area contributed by atoms with E-state index in [1.54, 1.807) is 0 Å². The Morgan fingerprint density at radius 2 is 1.47 bits per heavy atom. The standard InChI is InChI=1S/C23H25BF2N2O4/c1-21(2)22(3,4)32-24(31-21)17-13-16(9-10-18(17)26)28(15-7-5-14(25)6-8-15)20(30)23(11-12-23)19(27)29/h5-10,13H,11-12H2,1-4H3,(H2,27,29). The number of rotatable bonds is 5. The van der Waals surface area contributed by atoms with E-state index in [1.807, 2.05) is 27.7 Å². The van der Waals surface area contributed by atoms with Crippen molar-refractivity contribution in [3.05, 3.63) is 54.1 Å². The van der Waals surface area contributed by atoms with Crippen molar-refractivity contribution in [3.8, 4) is 0 Å². The third-order valence-corrected chi connectivity index (χ3v) is 6.66. The molecule has 2 amide bonds. The first-order valence-corrected chi connectivity index (χ1v) is 10.4. The van der Waals surface area contributed by atoms with E-state index in [0.717, 1.165) is 0 Å². The second-order valence-electron chi connectivity index (χ2n) is 9.36. The molecule has 2 aromatic rings. The summed E-state index contributed by atoms with van der Waals surface area (Å²) in [5, 5.41) is 0. The minimum atomic E-state index is -1.33. The highest BCUT2D eigenvalue weighted by Gasteiger charge is 2.58. The Morgan fingerprint density at radius 3 is 1.97 bits per heavy atom. The summed E-state index contributed by atoms with van der Waals surface area (Å²) in [6.07, 6.45) is 0.647. The Morgan fingerprint density at radius 1 is 0.938 bits per heavy atom. The van der Waals surface area contributed by atoms with Crippen LogP contribution in [0.4, 0.5) is 20.2 Å². The fourth-order valence-electron chi connectivity index (χ4n) is 3.70. The van der Waals surface area contributed by atoms with Gasteiger partial charge in [-0.1, -0.05) is 0 Å². The van der Waals surface area contributed by atoms with E-state index >= 15 is 0 Å². The second kappa shape index (κ2) is 7.38. The number of nitrogens with zero attached hydrogens (tertiary/aromatic N) is 1.